The fourth-order valence-corrected chi connectivity index (χ4v) is 4.97. The summed E-state index contributed by atoms with van der Waals surface area (Å²) < 4.78 is 5.10. The number of rotatable bonds is 6. The lowest BCUT2D eigenvalue weighted by Crippen LogP contribution is -2.43. The molecule has 0 spiro atoms. The fraction of sp³-hybridized carbons (Fsp3) is 0.444. The van der Waals surface area contributed by atoms with E-state index in [1.165, 1.54) is 9.80 Å². The van der Waals surface area contributed by atoms with Gasteiger partial charge in [0.2, 0.25) is 0 Å². The first-order chi connectivity index (χ1) is 17.7. The van der Waals surface area contributed by atoms with E-state index in [9.17, 15) is 19.2 Å². The highest BCUT2D eigenvalue weighted by Gasteiger charge is 2.52. The Hall–Kier alpha value is -3.66. The predicted molar refractivity (Wildman–Crippen MR) is 143 cm³/mol. The van der Waals surface area contributed by atoms with Crippen LogP contribution in [0.5, 0.6) is 0 Å². The van der Waals surface area contributed by atoms with Crippen molar-refractivity contribution in [1.82, 2.24) is 15.2 Å². The summed E-state index contributed by atoms with van der Waals surface area (Å²) in [5.41, 5.74) is 1.07. The molecule has 202 valence electrons. The highest BCUT2D eigenvalue weighted by molar-refractivity contribution is 6.29. The van der Waals surface area contributed by atoms with E-state index in [1.807, 2.05) is 19.9 Å². The number of anilines is 2. The van der Waals surface area contributed by atoms with Crippen molar-refractivity contribution in [1.29, 1.82) is 0 Å². The molecule has 1 aromatic carbocycles. The number of hydrogen-bond donors (Lipinski definition) is 1. The molecule has 3 heterocycles. The number of pyridine rings is 1. The molecule has 10 nitrogen and oxygen atoms in total. The van der Waals surface area contributed by atoms with Crippen LogP contribution >= 0.6 is 11.6 Å². The van der Waals surface area contributed by atoms with Crippen LogP contribution in [0.1, 0.15) is 52.7 Å². The zero-order valence-corrected chi connectivity index (χ0v) is 23.1. The summed E-state index contributed by atoms with van der Waals surface area (Å²) in [5.74, 6) is -0.782. The van der Waals surface area contributed by atoms with Crippen molar-refractivity contribution < 1.29 is 23.9 Å². The molecule has 2 aromatic rings. The second kappa shape index (κ2) is 9.90. The number of urea groups is 1. The molecule has 1 aromatic heterocycles. The molecule has 2 aliphatic heterocycles. The first-order valence-corrected chi connectivity index (χ1v) is 12.7. The molecular weight excluding hydrogens is 510 g/mol. The average Bonchev–Trinajstić information content (AvgIpc) is 3.19. The number of hydrogen-bond acceptors (Lipinski definition) is 6. The molecule has 1 saturated heterocycles. The Bertz CT molecular complexity index is 1310. The molecule has 1 fully saturated rings. The Labute approximate surface area is 226 Å². The Kier molecular flexibility index (Phi) is 7.13. The molecule has 4 rings (SSSR count). The molecule has 11 heteroatoms. The van der Waals surface area contributed by atoms with Crippen molar-refractivity contribution in [3.8, 4) is 0 Å². The van der Waals surface area contributed by atoms with E-state index in [-0.39, 0.29) is 23.9 Å². The number of halogens is 1. The van der Waals surface area contributed by atoms with Gasteiger partial charge in [-0.1, -0.05) is 31.5 Å². The number of fused-ring (bicyclic) bond motifs is 1. The van der Waals surface area contributed by atoms with Gasteiger partial charge in [-0.05, 0) is 63.1 Å². The van der Waals surface area contributed by atoms with Gasteiger partial charge < -0.3 is 19.9 Å². The number of amides is 5. The van der Waals surface area contributed by atoms with E-state index in [2.05, 4.69) is 10.3 Å². The molecule has 0 unspecified atom stereocenters. The summed E-state index contributed by atoms with van der Waals surface area (Å²) in [5, 5.41) is 2.88. The number of benzene rings is 1. The van der Waals surface area contributed by atoms with E-state index in [1.54, 1.807) is 58.2 Å². The van der Waals surface area contributed by atoms with Gasteiger partial charge in [0.25, 0.3) is 11.8 Å². The van der Waals surface area contributed by atoms with Crippen molar-refractivity contribution in [2.24, 2.45) is 0 Å². The Morgan fingerprint density at radius 2 is 1.84 bits per heavy atom. The number of carbonyl (C=O) groups is 4. The van der Waals surface area contributed by atoms with E-state index >= 15 is 0 Å². The summed E-state index contributed by atoms with van der Waals surface area (Å²) >= 11 is 6.01. The van der Waals surface area contributed by atoms with Crippen molar-refractivity contribution in [3.05, 3.63) is 52.8 Å². The van der Waals surface area contributed by atoms with Crippen molar-refractivity contribution in [3.63, 3.8) is 0 Å². The quantitative estimate of drug-likeness (QED) is 0.432. The van der Waals surface area contributed by atoms with Crippen LogP contribution in [0.4, 0.5) is 21.0 Å². The zero-order chi connectivity index (χ0) is 28.0. The number of carbonyl (C=O) groups excluding carboxylic acids is 4. The molecule has 0 atom stereocenters. The molecule has 38 heavy (non-hydrogen) atoms. The molecule has 0 saturated carbocycles. The minimum absolute atomic E-state index is 0.124. The topological polar surface area (TPSA) is 112 Å². The Morgan fingerprint density at radius 1 is 1.13 bits per heavy atom. The maximum Gasteiger partial charge on any atom is 0.407 e. The van der Waals surface area contributed by atoms with Crippen LogP contribution in [0.25, 0.3) is 0 Å². The highest BCUT2D eigenvalue weighted by atomic mass is 35.5. The van der Waals surface area contributed by atoms with Gasteiger partial charge in [-0.2, -0.15) is 0 Å². The van der Waals surface area contributed by atoms with Crippen LogP contribution in [0.3, 0.4) is 0 Å². The number of aromatic nitrogens is 1. The molecule has 1 N–H and O–H groups in total. The van der Waals surface area contributed by atoms with Gasteiger partial charge in [-0.15, -0.1) is 0 Å². The maximum atomic E-state index is 13.6. The van der Waals surface area contributed by atoms with Gasteiger partial charge in [0.1, 0.15) is 10.7 Å². The molecule has 0 radical (unpaired) electrons. The van der Waals surface area contributed by atoms with E-state index in [0.29, 0.717) is 23.1 Å². The average molecular weight is 542 g/mol. The summed E-state index contributed by atoms with van der Waals surface area (Å²) in [6, 6.07) is 8.03. The van der Waals surface area contributed by atoms with Gasteiger partial charge in [0.05, 0.1) is 5.69 Å². The van der Waals surface area contributed by atoms with E-state index in [0.717, 1.165) is 16.0 Å². The van der Waals surface area contributed by atoms with Crippen LogP contribution < -0.4 is 15.1 Å². The van der Waals surface area contributed by atoms with Gasteiger partial charge in [0, 0.05) is 36.4 Å². The molecule has 0 aliphatic carbocycles. The lowest BCUT2D eigenvalue weighted by atomic mass is 9.87. The summed E-state index contributed by atoms with van der Waals surface area (Å²) in [4.78, 5) is 60.2. The Morgan fingerprint density at radius 3 is 2.50 bits per heavy atom. The van der Waals surface area contributed by atoms with Gasteiger partial charge in [-0.25, -0.2) is 19.5 Å². The van der Waals surface area contributed by atoms with E-state index in [4.69, 9.17) is 16.3 Å². The number of alkyl carbamates (subject to hydrolysis) is 1. The van der Waals surface area contributed by atoms with Crippen LogP contribution in [-0.2, 0) is 26.3 Å². The van der Waals surface area contributed by atoms with Crippen molar-refractivity contribution in [2.45, 2.75) is 65.1 Å². The lowest BCUT2D eigenvalue weighted by molar-refractivity contribution is -0.123. The maximum absolute atomic E-state index is 13.6. The SMILES string of the molecule is CC(C)NC(=O)OCC(=O)N1CC(C)(C)c2ccc(N3C(=O)N(Cc4ccnc(Cl)c4)C(C)(C)C3=O)cc21. The number of ether oxygens (including phenoxy) is 1. The second-order valence-corrected chi connectivity index (χ2v) is 11.4. The van der Waals surface area contributed by atoms with Crippen LogP contribution in [-0.4, -0.2) is 58.6 Å². The largest absolute Gasteiger partial charge is 0.439 e. The molecule has 2 aliphatic rings. The van der Waals surface area contributed by atoms with E-state index < -0.39 is 30.2 Å². The minimum Gasteiger partial charge on any atom is -0.439 e. The van der Waals surface area contributed by atoms with Gasteiger partial charge in [-0.3, -0.25) is 9.59 Å². The van der Waals surface area contributed by atoms with Gasteiger partial charge >= 0.3 is 12.1 Å². The van der Waals surface area contributed by atoms with Gasteiger partial charge in [0.15, 0.2) is 6.61 Å². The third-order valence-corrected chi connectivity index (χ3v) is 7.01. The third-order valence-electron chi connectivity index (χ3n) is 6.80. The monoisotopic (exact) mass is 541 g/mol. The smallest absolute Gasteiger partial charge is 0.407 e. The summed E-state index contributed by atoms with van der Waals surface area (Å²) in [7, 11) is 0. The summed E-state index contributed by atoms with van der Waals surface area (Å²) in [6.07, 6.45) is 0.876. The highest BCUT2D eigenvalue weighted by Crippen LogP contribution is 2.44. The summed E-state index contributed by atoms with van der Waals surface area (Å²) in [6.45, 7) is 11.1. The zero-order valence-electron chi connectivity index (χ0n) is 22.4. The van der Waals surface area contributed by atoms with Crippen LogP contribution in [0.15, 0.2) is 36.5 Å². The predicted octanol–water partition coefficient (Wildman–Crippen LogP) is 4.24. The molecular formula is C27H32ClN5O5. The molecule has 0 bridgehead atoms. The standard InChI is InChI=1S/C27H32ClN5O5/c1-16(2)30-24(36)38-14-22(34)31-15-26(3,4)19-8-7-18(12-20(19)31)33-23(35)27(5,6)32(25(33)37)13-17-9-10-29-21(28)11-17/h7-12,16H,13-15H2,1-6H3,(H,30,36). The number of nitrogens with one attached hydrogen (secondary N) is 1. The first-order valence-electron chi connectivity index (χ1n) is 12.4. The Balaban J connectivity index is 1.62. The minimum atomic E-state index is -1.11. The number of imide groups is 1. The van der Waals surface area contributed by atoms with Crippen molar-refractivity contribution in [2.75, 3.05) is 23.0 Å². The van der Waals surface area contributed by atoms with Crippen LogP contribution in [0.2, 0.25) is 5.15 Å². The number of nitrogens with zero attached hydrogens (tertiary/aromatic N) is 4. The fourth-order valence-electron chi connectivity index (χ4n) is 4.78. The lowest BCUT2D eigenvalue weighted by Gasteiger charge is -2.27. The van der Waals surface area contributed by atoms with Crippen molar-refractivity contribution >= 4 is 46.9 Å². The second-order valence-electron chi connectivity index (χ2n) is 11.0. The third kappa shape index (κ3) is 5.05. The molecule has 5 amide bonds. The first kappa shape index (κ1) is 27.4. The van der Waals surface area contributed by atoms with Crippen LogP contribution in [0, 0.1) is 0 Å². The normalized spacial score (nSPS) is 17.7.